The number of hydrogen-bond acceptors (Lipinski definition) is 19. The summed E-state index contributed by atoms with van der Waals surface area (Å²) < 4.78 is 69.2. The highest BCUT2D eigenvalue weighted by atomic mass is 16.8. The first kappa shape index (κ1) is 59.0. The highest BCUT2D eigenvalue weighted by Gasteiger charge is 2.57. The van der Waals surface area contributed by atoms with Crippen LogP contribution in [-0.2, 0) is 56.9 Å². The summed E-state index contributed by atoms with van der Waals surface area (Å²) in [6, 6.07) is 54.6. The Morgan fingerprint density at radius 1 is 0.310 bits per heavy atom. The van der Waals surface area contributed by atoms with Gasteiger partial charge in [0, 0.05) is 6.42 Å². The third-order valence-corrected chi connectivity index (χ3v) is 13.2. The molecular weight excluding hydrogens is 1080 g/mol. The second-order valence-electron chi connectivity index (χ2n) is 19.1. The molecule has 2 saturated heterocycles. The normalized spacial score (nSPS) is 21.7. The first-order chi connectivity index (χ1) is 40.9. The van der Waals surface area contributed by atoms with Crippen LogP contribution in [0.4, 0.5) is 0 Å². The lowest BCUT2D eigenvalue weighted by Gasteiger charge is -2.46. The van der Waals surface area contributed by atoms with E-state index in [4.69, 9.17) is 52.1 Å². The summed E-state index contributed by atoms with van der Waals surface area (Å²) in [5.74, 6) is -6.85. The molecule has 19 heteroatoms. The maximum Gasteiger partial charge on any atom is 0.338 e. The Bertz CT molecular complexity index is 3330. The molecular formula is C65H56O19. The topological polar surface area (TPSA) is 238 Å². The van der Waals surface area contributed by atoms with Gasteiger partial charge in [-0.15, -0.1) is 0 Å². The number of ether oxygens (including phenoxy) is 11. The van der Waals surface area contributed by atoms with Crippen LogP contribution in [0, 0.1) is 0 Å². The fraction of sp³-hybridized carbons (Fsp3) is 0.231. The Morgan fingerprint density at radius 2 is 0.560 bits per heavy atom. The summed E-state index contributed by atoms with van der Waals surface area (Å²) in [6.07, 6.45) is -17.8. The third-order valence-electron chi connectivity index (χ3n) is 13.2. The van der Waals surface area contributed by atoms with Gasteiger partial charge in [0.15, 0.2) is 49.2 Å². The van der Waals surface area contributed by atoms with Crippen molar-refractivity contribution in [2.75, 3.05) is 19.8 Å². The number of carbonyl (C=O) groups is 8. The molecule has 0 unspecified atom stereocenters. The Labute approximate surface area is 482 Å². The number of rotatable bonds is 22. The molecule has 7 aromatic rings. The van der Waals surface area contributed by atoms with E-state index < -0.39 is 116 Å². The van der Waals surface area contributed by atoms with E-state index in [0.29, 0.717) is 0 Å². The van der Waals surface area contributed by atoms with Gasteiger partial charge in [0.05, 0.1) is 52.2 Å². The van der Waals surface area contributed by atoms with Gasteiger partial charge in [0.2, 0.25) is 0 Å². The molecule has 2 fully saturated rings. The van der Waals surface area contributed by atoms with Crippen molar-refractivity contribution in [1.29, 1.82) is 0 Å². The smallest absolute Gasteiger partial charge is 0.338 e. The van der Waals surface area contributed by atoms with Gasteiger partial charge < -0.3 is 52.1 Å². The highest BCUT2D eigenvalue weighted by Crippen LogP contribution is 2.35. The van der Waals surface area contributed by atoms with Gasteiger partial charge >= 0.3 is 41.8 Å². The number of carbonyl (C=O) groups excluding carboxylic acids is 8. The summed E-state index contributed by atoms with van der Waals surface area (Å²) >= 11 is 0. The SMILES string of the molecule is CC(=O)CCO[C@@H]1O[C@H](CO[C@@H]2O[C@H](COC(=O)c3ccccc3)[C@H](OC(=O)c3ccccc3)[C@H](OC(=O)c3ccccc3)[C@H]2OC(=O)c2ccccc2)[C@H](OC(=O)c2ccccc2)[C@H](OC(=O)c2ccccc2)[C@H]1OC(=O)c1ccccc1. The first-order valence-electron chi connectivity index (χ1n) is 26.7. The van der Waals surface area contributed by atoms with Crippen molar-refractivity contribution in [3.63, 3.8) is 0 Å². The van der Waals surface area contributed by atoms with E-state index in [-0.39, 0.29) is 57.8 Å². The van der Waals surface area contributed by atoms with Crippen LogP contribution in [-0.4, -0.2) is 129 Å². The van der Waals surface area contributed by atoms with E-state index in [1.165, 1.54) is 91.9 Å². The van der Waals surface area contributed by atoms with Crippen LogP contribution in [0.5, 0.6) is 0 Å². The summed E-state index contributed by atoms with van der Waals surface area (Å²) in [6.45, 7) is -0.470. The van der Waals surface area contributed by atoms with E-state index in [9.17, 15) is 38.4 Å². The second-order valence-corrected chi connectivity index (χ2v) is 19.1. The standard InChI is InChI=1S/C65H56O19/c1-41(66)37-38-74-64-55(83-62(72)47-33-19-7-20-34-47)53(81-60(70)45-29-15-5-16-30-45)52(80-59(69)44-27-13-4-14-28-44)50(77-64)40-76-65-56(84-63(73)48-35-21-8-22-36-48)54(82-61(71)46-31-17-6-18-32-46)51(79-58(68)43-25-11-3-12-26-43)49(78-65)39-75-57(67)42-23-9-2-10-24-42/h2-36,49-56,64-65H,37-40H2,1H3/t49-,50-,51+,52+,53+,54+,55-,56-,64-,65-/m1/s1. The van der Waals surface area contributed by atoms with Gasteiger partial charge in [-0.2, -0.15) is 0 Å². The van der Waals surface area contributed by atoms with Crippen LogP contribution < -0.4 is 0 Å². The molecule has 0 radical (unpaired) electrons. The van der Waals surface area contributed by atoms with Crippen LogP contribution in [0.15, 0.2) is 212 Å². The van der Waals surface area contributed by atoms with Gasteiger partial charge in [-0.25, -0.2) is 33.6 Å². The van der Waals surface area contributed by atoms with E-state index in [1.54, 1.807) is 127 Å². The summed E-state index contributed by atoms with van der Waals surface area (Å²) in [5.41, 5.74) is 0.407. The molecule has 9 rings (SSSR count). The zero-order valence-electron chi connectivity index (χ0n) is 45.1. The average molecular weight is 1140 g/mol. The number of hydrogen-bond donors (Lipinski definition) is 0. The molecule has 7 aromatic carbocycles. The molecule has 2 aliphatic heterocycles. The largest absolute Gasteiger partial charge is 0.459 e. The van der Waals surface area contributed by atoms with E-state index in [2.05, 4.69) is 0 Å². The van der Waals surface area contributed by atoms with Crippen molar-refractivity contribution in [2.45, 2.75) is 74.8 Å². The number of Topliss-reactive ketones (excluding diaryl/α,β-unsaturated/α-hetero) is 1. The molecule has 0 spiro atoms. The first-order valence-corrected chi connectivity index (χ1v) is 26.7. The minimum Gasteiger partial charge on any atom is -0.459 e. The molecule has 0 N–H and O–H groups in total. The van der Waals surface area contributed by atoms with Gasteiger partial charge in [0.25, 0.3) is 0 Å². The Morgan fingerprint density at radius 3 is 0.857 bits per heavy atom. The van der Waals surface area contributed by atoms with Crippen LogP contribution in [0.25, 0.3) is 0 Å². The van der Waals surface area contributed by atoms with Crippen LogP contribution >= 0.6 is 0 Å². The summed E-state index contributed by atoms with van der Waals surface area (Å²) in [4.78, 5) is 112. The maximum atomic E-state index is 14.4. The molecule has 0 bridgehead atoms. The lowest BCUT2D eigenvalue weighted by Crippen LogP contribution is -2.65. The molecule has 10 atom stereocenters. The summed E-state index contributed by atoms with van der Waals surface area (Å²) in [7, 11) is 0. The molecule has 0 saturated carbocycles. The fourth-order valence-electron chi connectivity index (χ4n) is 9.02. The van der Waals surface area contributed by atoms with Crippen molar-refractivity contribution in [3.8, 4) is 0 Å². The van der Waals surface area contributed by atoms with Gasteiger partial charge in [0.1, 0.15) is 24.6 Å². The predicted octanol–water partition coefficient (Wildman–Crippen LogP) is 8.66. The van der Waals surface area contributed by atoms with E-state index >= 15 is 0 Å². The highest BCUT2D eigenvalue weighted by molar-refractivity contribution is 5.93. The number of esters is 7. The lowest BCUT2D eigenvalue weighted by atomic mass is 9.96. The molecule has 2 aliphatic rings. The molecule has 430 valence electrons. The average Bonchev–Trinajstić information content (AvgIpc) is 2.94. The third kappa shape index (κ3) is 15.5. The lowest BCUT2D eigenvalue weighted by molar-refractivity contribution is -0.328. The van der Waals surface area contributed by atoms with Crippen LogP contribution in [0.3, 0.4) is 0 Å². The molecule has 19 nitrogen and oxygen atoms in total. The van der Waals surface area contributed by atoms with Crippen LogP contribution in [0.1, 0.15) is 85.9 Å². The molecule has 84 heavy (non-hydrogen) atoms. The monoisotopic (exact) mass is 1140 g/mol. The predicted molar refractivity (Wildman–Crippen MR) is 295 cm³/mol. The molecule has 0 aliphatic carbocycles. The molecule has 0 amide bonds. The second kappa shape index (κ2) is 28.8. The zero-order valence-corrected chi connectivity index (χ0v) is 45.1. The van der Waals surface area contributed by atoms with E-state index in [1.807, 2.05) is 0 Å². The quantitative estimate of drug-likeness (QED) is 0.0455. The Hall–Kier alpha value is -9.66. The van der Waals surface area contributed by atoms with Gasteiger partial charge in [-0.05, 0) is 91.9 Å². The van der Waals surface area contributed by atoms with Gasteiger partial charge in [-0.3, -0.25) is 4.79 Å². The van der Waals surface area contributed by atoms with Crippen molar-refractivity contribution >= 4 is 47.6 Å². The zero-order chi connectivity index (χ0) is 58.8. The van der Waals surface area contributed by atoms with Crippen molar-refractivity contribution in [2.24, 2.45) is 0 Å². The number of benzene rings is 7. The molecule has 0 aromatic heterocycles. The minimum atomic E-state index is -1.91. The Kier molecular flexibility index (Phi) is 20.3. The number of ketones is 1. The van der Waals surface area contributed by atoms with E-state index in [0.717, 1.165) is 0 Å². The maximum absolute atomic E-state index is 14.4. The van der Waals surface area contributed by atoms with Gasteiger partial charge in [-0.1, -0.05) is 127 Å². The fourth-order valence-corrected chi connectivity index (χ4v) is 9.02. The van der Waals surface area contributed by atoms with Crippen molar-refractivity contribution < 1.29 is 90.5 Å². The minimum absolute atomic E-state index is 0.0225. The van der Waals surface area contributed by atoms with Crippen LogP contribution in [0.2, 0.25) is 0 Å². The summed E-state index contributed by atoms with van der Waals surface area (Å²) in [5, 5.41) is 0. The molecule has 2 heterocycles. The van der Waals surface area contributed by atoms with Crippen molar-refractivity contribution in [3.05, 3.63) is 251 Å². The van der Waals surface area contributed by atoms with Crippen molar-refractivity contribution in [1.82, 2.24) is 0 Å². The Balaban J connectivity index is 1.15.